The average Bonchev–Trinajstić information content (AvgIpc) is 2.68. The summed E-state index contributed by atoms with van der Waals surface area (Å²) in [6.07, 6.45) is 0.618. The number of nitrogens with two attached hydrogens (primary N) is 2. The fourth-order valence-corrected chi connectivity index (χ4v) is 2.99. The van der Waals surface area contributed by atoms with E-state index in [-0.39, 0.29) is 24.7 Å². The molecular formula is C21H41N5O6. The van der Waals surface area contributed by atoms with Crippen LogP contribution in [0.15, 0.2) is 0 Å². The van der Waals surface area contributed by atoms with Crippen molar-refractivity contribution in [1.29, 1.82) is 0 Å². The molecule has 0 radical (unpaired) electrons. The van der Waals surface area contributed by atoms with E-state index in [1.807, 2.05) is 13.8 Å². The Labute approximate surface area is 190 Å². The molecule has 0 spiro atoms. The predicted octanol–water partition coefficient (Wildman–Crippen LogP) is -0.935. The number of nitrogens with one attached hydrogen (secondary N) is 3. The maximum Gasteiger partial charge on any atom is 0.326 e. The molecule has 11 nitrogen and oxygen atoms in total. The molecule has 0 saturated carbocycles. The van der Waals surface area contributed by atoms with Gasteiger partial charge in [-0.1, -0.05) is 27.7 Å². The quantitative estimate of drug-likeness (QED) is 0.152. The first kappa shape index (κ1) is 29.8. The molecule has 0 fully saturated rings. The highest BCUT2D eigenvalue weighted by Gasteiger charge is 2.32. The summed E-state index contributed by atoms with van der Waals surface area (Å²) >= 11 is 0. The molecule has 186 valence electrons. The number of carboxylic acids is 1. The first-order valence-electron chi connectivity index (χ1n) is 11.1. The number of hydrogen-bond acceptors (Lipinski definition) is 7. The fourth-order valence-electron chi connectivity index (χ4n) is 2.99. The molecule has 3 amide bonds. The highest BCUT2D eigenvalue weighted by atomic mass is 16.4. The highest BCUT2D eigenvalue weighted by Crippen LogP contribution is 2.10. The van der Waals surface area contributed by atoms with Crippen LogP contribution in [-0.2, 0) is 19.2 Å². The second kappa shape index (κ2) is 14.8. The van der Waals surface area contributed by atoms with Crippen LogP contribution >= 0.6 is 0 Å². The Morgan fingerprint density at radius 3 is 1.81 bits per heavy atom. The number of rotatable bonds is 15. The molecule has 0 aliphatic rings. The van der Waals surface area contributed by atoms with E-state index in [0.717, 1.165) is 0 Å². The van der Waals surface area contributed by atoms with Crippen LogP contribution in [0.3, 0.4) is 0 Å². The van der Waals surface area contributed by atoms with Crippen molar-refractivity contribution in [3.8, 4) is 0 Å². The molecule has 5 unspecified atom stereocenters. The molecule has 11 heteroatoms. The number of aliphatic hydroxyl groups is 1. The van der Waals surface area contributed by atoms with Crippen LogP contribution in [0.4, 0.5) is 0 Å². The normalized spacial score (nSPS) is 16.1. The minimum atomic E-state index is -1.21. The Morgan fingerprint density at radius 1 is 0.844 bits per heavy atom. The number of hydrogen-bond donors (Lipinski definition) is 7. The van der Waals surface area contributed by atoms with Crippen LogP contribution in [0, 0.1) is 11.8 Å². The van der Waals surface area contributed by atoms with Crippen molar-refractivity contribution in [2.24, 2.45) is 23.3 Å². The zero-order valence-corrected chi connectivity index (χ0v) is 19.8. The van der Waals surface area contributed by atoms with Crippen molar-refractivity contribution in [2.45, 2.75) is 90.6 Å². The summed E-state index contributed by atoms with van der Waals surface area (Å²) in [7, 11) is 0. The molecule has 9 N–H and O–H groups in total. The number of aliphatic hydroxyl groups excluding tert-OH is 1. The van der Waals surface area contributed by atoms with Gasteiger partial charge in [-0.05, 0) is 51.0 Å². The Kier molecular flexibility index (Phi) is 13.7. The van der Waals surface area contributed by atoms with Gasteiger partial charge in [-0.15, -0.1) is 0 Å². The first-order valence-corrected chi connectivity index (χ1v) is 11.1. The second-order valence-corrected chi connectivity index (χ2v) is 8.87. The van der Waals surface area contributed by atoms with Crippen LogP contribution in [0.1, 0.15) is 60.3 Å². The number of carbonyl (C=O) groups excluding carboxylic acids is 3. The third kappa shape index (κ3) is 10.9. The topological polar surface area (TPSA) is 197 Å². The van der Waals surface area contributed by atoms with Crippen molar-refractivity contribution < 1.29 is 29.4 Å². The van der Waals surface area contributed by atoms with Gasteiger partial charge in [0.25, 0.3) is 0 Å². The summed E-state index contributed by atoms with van der Waals surface area (Å²) in [6, 6.07) is -4.28. The lowest BCUT2D eigenvalue weighted by Crippen LogP contribution is -2.58. The maximum atomic E-state index is 13.0. The van der Waals surface area contributed by atoms with Gasteiger partial charge in [0, 0.05) is 0 Å². The molecule has 5 atom stereocenters. The van der Waals surface area contributed by atoms with Gasteiger partial charge >= 0.3 is 5.97 Å². The summed E-state index contributed by atoms with van der Waals surface area (Å²) < 4.78 is 0. The molecular weight excluding hydrogens is 418 g/mol. The molecule has 0 bridgehead atoms. The number of carboxylic acid groups (broad SMARTS) is 1. The van der Waals surface area contributed by atoms with Crippen molar-refractivity contribution in [1.82, 2.24) is 16.0 Å². The smallest absolute Gasteiger partial charge is 0.326 e. The molecule has 32 heavy (non-hydrogen) atoms. The van der Waals surface area contributed by atoms with Gasteiger partial charge in [0.05, 0.1) is 6.10 Å². The third-order valence-electron chi connectivity index (χ3n) is 4.97. The van der Waals surface area contributed by atoms with Gasteiger partial charge in [0.1, 0.15) is 24.2 Å². The van der Waals surface area contributed by atoms with E-state index >= 15 is 0 Å². The van der Waals surface area contributed by atoms with E-state index in [4.69, 9.17) is 11.5 Å². The Bertz CT molecular complexity index is 626. The van der Waals surface area contributed by atoms with Gasteiger partial charge < -0.3 is 37.6 Å². The fraction of sp³-hybridized carbons (Fsp3) is 0.810. The van der Waals surface area contributed by atoms with Gasteiger partial charge in [-0.25, -0.2) is 4.79 Å². The third-order valence-corrected chi connectivity index (χ3v) is 4.97. The summed E-state index contributed by atoms with van der Waals surface area (Å²) in [5.74, 6) is -3.38. The van der Waals surface area contributed by atoms with E-state index in [1.165, 1.54) is 6.92 Å². The lowest BCUT2D eigenvalue weighted by atomic mass is 9.99. The predicted molar refractivity (Wildman–Crippen MR) is 120 cm³/mol. The number of amides is 3. The Hall–Kier alpha value is -2.24. The minimum absolute atomic E-state index is 0.0299. The highest BCUT2D eigenvalue weighted by molar-refractivity contribution is 5.94. The molecule has 0 heterocycles. The molecule has 0 aliphatic heterocycles. The van der Waals surface area contributed by atoms with Gasteiger partial charge in [0.2, 0.25) is 17.7 Å². The SMILES string of the molecule is CC(C)CC(NC(=O)C(CCCCN)NC(=O)C(N)C(C)O)C(=O)NC(C(=O)O)C(C)C. The Morgan fingerprint density at radius 2 is 1.38 bits per heavy atom. The molecule has 0 aromatic heterocycles. The average molecular weight is 460 g/mol. The van der Waals surface area contributed by atoms with Gasteiger partial charge in [-0.3, -0.25) is 14.4 Å². The second-order valence-electron chi connectivity index (χ2n) is 8.87. The molecule has 0 aliphatic carbocycles. The number of carbonyl (C=O) groups is 4. The van der Waals surface area contributed by atoms with E-state index in [9.17, 15) is 29.4 Å². The van der Waals surface area contributed by atoms with Crippen LogP contribution < -0.4 is 27.4 Å². The summed E-state index contributed by atoms with van der Waals surface area (Å²) in [6.45, 7) is 8.86. The lowest BCUT2D eigenvalue weighted by Gasteiger charge is -2.27. The standard InChI is InChI=1S/C21H41N5O6/c1-11(2)10-15(19(29)26-17(12(3)4)21(31)32)25-18(28)14(8-6-7-9-22)24-20(30)16(23)13(5)27/h11-17,27H,6-10,22-23H2,1-5H3,(H,24,30)(H,25,28)(H,26,29)(H,31,32). The summed E-state index contributed by atoms with van der Waals surface area (Å²) in [5, 5.41) is 26.5. The van der Waals surface area contributed by atoms with Crippen molar-refractivity contribution in [3.63, 3.8) is 0 Å². The molecule has 0 aromatic carbocycles. The number of aliphatic carboxylic acids is 1. The van der Waals surface area contributed by atoms with Crippen LogP contribution in [-0.4, -0.2) is 70.7 Å². The first-order chi connectivity index (χ1) is 14.8. The van der Waals surface area contributed by atoms with Gasteiger partial charge in [-0.2, -0.15) is 0 Å². The number of unbranched alkanes of at least 4 members (excludes halogenated alkanes) is 1. The monoisotopic (exact) mass is 459 g/mol. The van der Waals surface area contributed by atoms with Crippen molar-refractivity contribution in [2.75, 3.05) is 6.54 Å². The molecule has 0 saturated heterocycles. The van der Waals surface area contributed by atoms with Gasteiger partial charge in [0.15, 0.2) is 0 Å². The largest absolute Gasteiger partial charge is 0.480 e. The van der Waals surface area contributed by atoms with Crippen LogP contribution in [0.2, 0.25) is 0 Å². The zero-order valence-electron chi connectivity index (χ0n) is 19.8. The van der Waals surface area contributed by atoms with Crippen LogP contribution in [0.5, 0.6) is 0 Å². The molecule has 0 aromatic rings. The summed E-state index contributed by atoms with van der Waals surface area (Å²) in [5.41, 5.74) is 11.2. The zero-order chi connectivity index (χ0) is 25.0. The molecule has 0 rings (SSSR count). The van der Waals surface area contributed by atoms with E-state index in [1.54, 1.807) is 13.8 Å². The van der Waals surface area contributed by atoms with Crippen molar-refractivity contribution >= 4 is 23.7 Å². The minimum Gasteiger partial charge on any atom is -0.480 e. The van der Waals surface area contributed by atoms with Crippen molar-refractivity contribution in [3.05, 3.63) is 0 Å². The Balaban J connectivity index is 5.50. The van der Waals surface area contributed by atoms with E-state index < -0.39 is 54.0 Å². The lowest BCUT2D eigenvalue weighted by molar-refractivity contribution is -0.143. The summed E-state index contributed by atoms with van der Waals surface area (Å²) in [4.78, 5) is 49.5. The van der Waals surface area contributed by atoms with Crippen LogP contribution in [0.25, 0.3) is 0 Å². The van der Waals surface area contributed by atoms with E-state index in [2.05, 4.69) is 16.0 Å². The maximum absolute atomic E-state index is 13.0. The van der Waals surface area contributed by atoms with E-state index in [0.29, 0.717) is 19.4 Å².